The van der Waals surface area contributed by atoms with Crippen LogP contribution in [0.2, 0.25) is 5.15 Å². The summed E-state index contributed by atoms with van der Waals surface area (Å²) in [5, 5.41) is 7.70. The Bertz CT molecular complexity index is 1350. The topological polar surface area (TPSA) is 75.0 Å². The van der Waals surface area contributed by atoms with E-state index in [4.69, 9.17) is 16.3 Å². The molecule has 0 saturated carbocycles. The molecule has 0 spiro atoms. The molecule has 0 atom stereocenters. The molecule has 2 aromatic heterocycles. The molecule has 1 amide bonds. The number of amides is 1. The fourth-order valence-corrected chi connectivity index (χ4v) is 4.90. The second-order valence-corrected chi connectivity index (χ2v) is 9.45. The first-order chi connectivity index (χ1) is 18.1. The van der Waals surface area contributed by atoms with Crippen LogP contribution in [0.15, 0.2) is 66.7 Å². The van der Waals surface area contributed by atoms with E-state index in [-0.39, 0.29) is 5.91 Å². The monoisotopic (exact) mass is 518 g/mol. The summed E-state index contributed by atoms with van der Waals surface area (Å²) < 4.78 is 7.05. The number of benzene rings is 2. The summed E-state index contributed by atoms with van der Waals surface area (Å²) in [7, 11) is 1.72. The first-order valence-corrected chi connectivity index (χ1v) is 13.0. The zero-order valence-electron chi connectivity index (χ0n) is 20.9. The number of hydrogen-bond acceptors (Lipinski definition) is 6. The molecule has 4 aromatic rings. The molecular weight excluding hydrogens is 488 g/mol. The van der Waals surface area contributed by atoms with Gasteiger partial charge in [-0.15, -0.1) is 0 Å². The maximum Gasteiger partial charge on any atom is 0.272 e. The number of imidazole rings is 1. The largest absolute Gasteiger partial charge is 0.495 e. The zero-order valence-corrected chi connectivity index (χ0v) is 21.7. The highest BCUT2D eigenvalue weighted by atomic mass is 35.5. The smallest absolute Gasteiger partial charge is 0.272 e. The van der Waals surface area contributed by atoms with E-state index in [1.54, 1.807) is 19.2 Å². The summed E-state index contributed by atoms with van der Waals surface area (Å²) in [4.78, 5) is 22.8. The Labute approximate surface area is 221 Å². The molecule has 2 aromatic carbocycles. The molecule has 0 unspecified atom stereocenters. The molecule has 8 nitrogen and oxygen atoms in total. The lowest BCUT2D eigenvalue weighted by Gasteiger charge is -2.36. The van der Waals surface area contributed by atoms with Crippen molar-refractivity contribution in [3.05, 3.63) is 77.6 Å². The van der Waals surface area contributed by atoms with Crippen molar-refractivity contribution in [3.63, 3.8) is 0 Å². The highest BCUT2D eigenvalue weighted by molar-refractivity contribution is 6.29. The number of nitrogens with zero attached hydrogens (tertiary/aromatic N) is 5. The Kier molecular flexibility index (Phi) is 7.87. The summed E-state index contributed by atoms with van der Waals surface area (Å²) in [6.45, 7) is 5.57. The van der Waals surface area contributed by atoms with Crippen molar-refractivity contribution in [2.75, 3.05) is 51.3 Å². The van der Waals surface area contributed by atoms with Crippen LogP contribution in [0.4, 0.5) is 5.69 Å². The number of methoxy groups -OCH3 is 1. The van der Waals surface area contributed by atoms with E-state index in [1.807, 2.05) is 42.5 Å². The summed E-state index contributed by atoms with van der Waals surface area (Å²) in [5.41, 5.74) is 3.60. The Morgan fingerprint density at radius 1 is 0.973 bits per heavy atom. The summed E-state index contributed by atoms with van der Waals surface area (Å²) in [5.74, 6) is 0.720. The van der Waals surface area contributed by atoms with Crippen molar-refractivity contribution in [1.29, 1.82) is 0 Å². The number of piperazine rings is 1. The van der Waals surface area contributed by atoms with E-state index in [1.165, 1.54) is 4.52 Å². The van der Waals surface area contributed by atoms with Gasteiger partial charge in [-0.3, -0.25) is 9.69 Å². The van der Waals surface area contributed by atoms with Gasteiger partial charge in [-0.1, -0.05) is 54.1 Å². The van der Waals surface area contributed by atoms with Crippen LogP contribution in [0.5, 0.6) is 5.75 Å². The molecule has 3 heterocycles. The molecule has 1 N–H and O–H groups in total. The molecule has 5 rings (SSSR count). The van der Waals surface area contributed by atoms with Gasteiger partial charge in [0, 0.05) is 38.3 Å². The number of para-hydroxylation sites is 2. The van der Waals surface area contributed by atoms with E-state index >= 15 is 0 Å². The predicted octanol–water partition coefficient (Wildman–Crippen LogP) is 4.39. The van der Waals surface area contributed by atoms with Crippen molar-refractivity contribution in [2.45, 2.75) is 12.8 Å². The van der Waals surface area contributed by atoms with Crippen LogP contribution in [-0.4, -0.2) is 71.8 Å². The predicted molar refractivity (Wildman–Crippen MR) is 147 cm³/mol. The van der Waals surface area contributed by atoms with Crippen molar-refractivity contribution < 1.29 is 9.53 Å². The number of ether oxygens (including phenoxy) is 1. The highest BCUT2D eigenvalue weighted by Gasteiger charge is 2.22. The number of unbranched alkanes of at least 4 members (excludes halogenated alkanes) is 1. The van der Waals surface area contributed by atoms with Gasteiger partial charge in [-0.2, -0.15) is 5.10 Å². The summed E-state index contributed by atoms with van der Waals surface area (Å²) >= 11 is 6.12. The number of hydrogen-bond donors (Lipinski definition) is 1. The van der Waals surface area contributed by atoms with Gasteiger partial charge in [0.1, 0.15) is 16.6 Å². The van der Waals surface area contributed by atoms with Crippen LogP contribution in [0, 0.1) is 0 Å². The number of halogens is 1. The van der Waals surface area contributed by atoms with Crippen molar-refractivity contribution in [1.82, 2.24) is 24.8 Å². The van der Waals surface area contributed by atoms with Gasteiger partial charge in [0.05, 0.1) is 12.8 Å². The standard InChI is InChI=1S/C28H31ClN6O2/c1-37-23-12-6-5-11-22(23)34-19-17-33(18-20-34)16-8-7-15-30-28(36)27-26(21-9-3-2-4-10-21)31-25-14-13-24(29)32-35(25)27/h2-6,9-14H,7-8,15-20H2,1H3,(H,30,36). The van der Waals surface area contributed by atoms with Gasteiger partial charge in [-0.25, -0.2) is 9.50 Å². The molecule has 1 saturated heterocycles. The van der Waals surface area contributed by atoms with Gasteiger partial charge in [0.2, 0.25) is 0 Å². The number of fused-ring (bicyclic) bond motifs is 1. The lowest BCUT2D eigenvalue weighted by atomic mass is 10.1. The highest BCUT2D eigenvalue weighted by Crippen LogP contribution is 2.28. The molecule has 0 radical (unpaired) electrons. The van der Waals surface area contributed by atoms with Crippen molar-refractivity contribution >= 4 is 28.8 Å². The Balaban J connectivity index is 1.13. The molecule has 1 fully saturated rings. The average molecular weight is 519 g/mol. The molecule has 1 aliphatic heterocycles. The maximum absolute atomic E-state index is 13.2. The van der Waals surface area contributed by atoms with Crippen LogP contribution < -0.4 is 15.0 Å². The van der Waals surface area contributed by atoms with Crippen LogP contribution in [0.3, 0.4) is 0 Å². The molecule has 0 aliphatic carbocycles. The Morgan fingerprint density at radius 2 is 1.73 bits per heavy atom. The van der Waals surface area contributed by atoms with Crippen LogP contribution in [-0.2, 0) is 0 Å². The minimum Gasteiger partial charge on any atom is -0.495 e. The van der Waals surface area contributed by atoms with E-state index in [2.05, 4.69) is 37.3 Å². The fraction of sp³-hybridized carbons (Fsp3) is 0.321. The van der Waals surface area contributed by atoms with Gasteiger partial charge in [0.15, 0.2) is 11.3 Å². The van der Waals surface area contributed by atoms with Crippen molar-refractivity contribution in [2.24, 2.45) is 0 Å². The minimum absolute atomic E-state index is 0.202. The van der Waals surface area contributed by atoms with E-state index < -0.39 is 0 Å². The Morgan fingerprint density at radius 3 is 2.51 bits per heavy atom. The third-order valence-electron chi connectivity index (χ3n) is 6.69. The first kappa shape index (κ1) is 25.0. The van der Waals surface area contributed by atoms with E-state index in [0.717, 1.165) is 62.6 Å². The number of aromatic nitrogens is 3. The van der Waals surface area contributed by atoms with Gasteiger partial charge < -0.3 is 15.0 Å². The van der Waals surface area contributed by atoms with Gasteiger partial charge >= 0.3 is 0 Å². The lowest BCUT2D eigenvalue weighted by Crippen LogP contribution is -2.46. The number of anilines is 1. The van der Waals surface area contributed by atoms with Crippen LogP contribution in [0.1, 0.15) is 23.3 Å². The maximum atomic E-state index is 13.2. The van der Waals surface area contributed by atoms with Crippen LogP contribution >= 0.6 is 11.6 Å². The van der Waals surface area contributed by atoms with E-state index in [0.29, 0.717) is 28.7 Å². The fourth-order valence-electron chi connectivity index (χ4n) is 4.76. The van der Waals surface area contributed by atoms with Gasteiger partial charge in [0.25, 0.3) is 5.91 Å². The normalized spacial score (nSPS) is 14.2. The number of rotatable bonds is 9. The Hall–Kier alpha value is -3.62. The SMILES string of the molecule is COc1ccccc1N1CCN(CCCCNC(=O)c2c(-c3ccccc3)nc3ccc(Cl)nn23)CC1. The van der Waals surface area contributed by atoms with Crippen molar-refractivity contribution in [3.8, 4) is 17.0 Å². The second kappa shape index (κ2) is 11.6. The first-order valence-electron chi connectivity index (χ1n) is 12.6. The molecule has 9 heteroatoms. The molecule has 0 bridgehead atoms. The van der Waals surface area contributed by atoms with E-state index in [9.17, 15) is 4.79 Å². The third kappa shape index (κ3) is 5.70. The minimum atomic E-state index is -0.202. The number of carbonyl (C=O) groups is 1. The van der Waals surface area contributed by atoms with Gasteiger partial charge in [-0.05, 0) is 43.7 Å². The second-order valence-electron chi connectivity index (χ2n) is 9.06. The molecule has 1 aliphatic rings. The number of carbonyl (C=O) groups excluding carboxylic acids is 1. The van der Waals surface area contributed by atoms with Crippen LogP contribution in [0.25, 0.3) is 16.9 Å². The third-order valence-corrected chi connectivity index (χ3v) is 6.89. The molecule has 192 valence electrons. The summed E-state index contributed by atoms with van der Waals surface area (Å²) in [6, 6.07) is 21.3. The summed E-state index contributed by atoms with van der Waals surface area (Å²) in [6.07, 6.45) is 1.90. The zero-order chi connectivity index (χ0) is 25.6. The molecular formula is C28H31ClN6O2. The average Bonchev–Trinajstić information content (AvgIpc) is 3.32. The lowest BCUT2D eigenvalue weighted by molar-refractivity contribution is 0.0946. The molecule has 37 heavy (non-hydrogen) atoms. The quantitative estimate of drug-likeness (QED) is 0.331. The number of nitrogens with one attached hydrogen (secondary N) is 1.